The maximum absolute atomic E-state index is 16.4. The minimum Gasteiger partial charge on any atom is -0.363 e. The number of halogens is 18. The van der Waals surface area contributed by atoms with Crippen LogP contribution < -0.4 is 9.91 Å². The van der Waals surface area contributed by atoms with Gasteiger partial charge in [0.05, 0.1) is 32.8 Å². The van der Waals surface area contributed by atoms with Gasteiger partial charge in [-0.3, -0.25) is 14.6 Å². The highest BCUT2D eigenvalue weighted by Crippen LogP contribution is 2.45. The van der Waals surface area contributed by atoms with Crippen LogP contribution in [-0.4, -0.2) is 49.0 Å². The van der Waals surface area contributed by atoms with Crippen LogP contribution >= 0.6 is 23.5 Å². The molecule has 0 saturated carbocycles. The molecule has 6 nitrogen and oxygen atoms in total. The molecule has 0 aromatic heterocycles. The first-order valence-electron chi connectivity index (χ1n) is 21.9. The molecule has 0 spiro atoms. The third-order valence-electron chi connectivity index (χ3n) is 12.4. The van der Waals surface area contributed by atoms with Gasteiger partial charge in [-0.15, -0.1) is 23.5 Å². The molecule has 0 bridgehead atoms. The van der Waals surface area contributed by atoms with E-state index in [4.69, 9.17) is 0 Å². The lowest BCUT2D eigenvalue weighted by Gasteiger charge is -2.37. The summed E-state index contributed by atoms with van der Waals surface area (Å²) in [6.45, 7) is -0.830. The molecule has 1 amide bonds. The Bertz CT molecular complexity index is 3140. The quantitative estimate of drug-likeness (QED) is 0.0527. The minimum atomic E-state index is -5.89. The third-order valence-corrected chi connectivity index (χ3v) is 14.6. The molecule has 1 saturated heterocycles. The van der Waals surface area contributed by atoms with E-state index < -0.39 is 170 Å². The molecule has 6 aromatic carbocycles. The van der Waals surface area contributed by atoms with Crippen molar-refractivity contribution in [2.75, 3.05) is 36.1 Å². The fourth-order valence-electron chi connectivity index (χ4n) is 8.54. The van der Waals surface area contributed by atoms with Crippen molar-refractivity contribution in [1.29, 1.82) is 0 Å². The zero-order valence-electron chi connectivity index (χ0n) is 38.2. The summed E-state index contributed by atoms with van der Waals surface area (Å²) < 4.78 is 263. The largest absolute Gasteiger partial charge is 0.422 e. The second-order valence-corrected chi connectivity index (χ2v) is 18.9. The second kappa shape index (κ2) is 21.3. The Kier molecular flexibility index (Phi) is 15.5. The summed E-state index contributed by atoms with van der Waals surface area (Å²) in [4.78, 5) is 24.2. The van der Waals surface area contributed by atoms with Gasteiger partial charge in [0.15, 0.2) is 69.8 Å². The van der Waals surface area contributed by atoms with Gasteiger partial charge in [0, 0.05) is 55.2 Å². The number of amides is 1. The molecule has 26 heteroatoms. The molecular weight excluding hydrogens is 1090 g/mol. The molecule has 2 aliphatic rings. The molecule has 8 rings (SSSR count). The van der Waals surface area contributed by atoms with E-state index in [0.29, 0.717) is 17.6 Å². The fraction of sp³-hybridized carbons (Fsp3) is 0.220. The van der Waals surface area contributed by atoms with Gasteiger partial charge in [0.1, 0.15) is 23.1 Å². The van der Waals surface area contributed by atoms with Crippen molar-refractivity contribution in [2.45, 2.75) is 53.0 Å². The van der Waals surface area contributed by atoms with Gasteiger partial charge in [-0.25, -0.2) is 52.7 Å². The number of aldehydes is 1. The number of thioether (sulfide) groups is 2. The van der Waals surface area contributed by atoms with Crippen molar-refractivity contribution in [2.24, 2.45) is 5.10 Å². The average Bonchev–Trinajstić information content (AvgIpc) is 3.84. The van der Waals surface area contributed by atoms with E-state index in [1.807, 2.05) is 0 Å². The maximum atomic E-state index is 16.4. The zero-order valence-corrected chi connectivity index (χ0v) is 39.8. The Morgan fingerprint density at radius 1 is 0.605 bits per heavy atom. The van der Waals surface area contributed by atoms with Crippen molar-refractivity contribution in [1.82, 2.24) is 4.90 Å². The number of hydrogen-bond donors (Lipinski definition) is 0. The van der Waals surface area contributed by atoms with Crippen LogP contribution in [0.3, 0.4) is 0 Å². The first-order chi connectivity index (χ1) is 35.8. The van der Waals surface area contributed by atoms with Crippen molar-refractivity contribution < 1.29 is 88.6 Å². The minimum absolute atomic E-state index is 0.0958. The summed E-state index contributed by atoms with van der Waals surface area (Å²) in [7, 11) is 0. The van der Waals surface area contributed by atoms with Crippen LogP contribution in [0.25, 0.3) is 0 Å². The fourth-order valence-corrected chi connectivity index (χ4v) is 10.6. The molecule has 2 aliphatic heterocycles. The van der Waals surface area contributed by atoms with E-state index in [-0.39, 0.29) is 57.9 Å². The summed E-state index contributed by atoms with van der Waals surface area (Å²) in [5.41, 5.74) is -7.69. The van der Waals surface area contributed by atoms with Crippen LogP contribution in [0.4, 0.5) is 90.4 Å². The van der Waals surface area contributed by atoms with Crippen molar-refractivity contribution in [3.8, 4) is 0 Å². The number of nitrogens with zero attached hydrogens (tertiary/aromatic N) is 4. The lowest BCUT2D eigenvalue weighted by molar-refractivity contribution is -0.144. The van der Waals surface area contributed by atoms with E-state index >= 15 is 17.6 Å². The van der Waals surface area contributed by atoms with Gasteiger partial charge >= 0.3 is 12.4 Å². The number of anilines is 2. The Morgan fingerprint density at radius 3 is 1.47 bits per heavy atom. The highest BCUT2D eigenvalue weighted by atomic mass is 32.2. The molecule has 400 valence electrons. The predicted molar refractivity (Wildman–Crippen MR) is 242 cm³/mol. The number of piperazine rings is 1. The van der Waals surface area contributed by atoms with Gasteiger partial charge in [0.25, 0.3) is 5.91 Å². The first-order valence-corrected chi connectivity index (χ1v) is 23.8. The number of carbonyl (C=O) groups is 2. The smallest absolute Gasteiger partial charge is 0.363 e. The molecule has 1 atom stereocenters. The van der Waals surface area contributed by atoms with E-state index in [1.165, 1.54) is 31.2 Å². The number of benzene rings is 6. The Morgan fingerprint density at radius 2 is 1.05 bits per heavy atom. The standard InChI is InChI=1S/C50H30F18N4O2S2/c1-21-25(19-75-46-41(59)35(53)31(49(63,64)65)36(54)42(46)60)15-24(16-26(21)20-76-47-43(61)37(55)32(50(66,67)68)38(56)44(47)62)48(74)71-13-11-70(12-14-71)45-39(57)33(51)30(34(52)40(45)58)29-17-28(23-5-3-2-4-6-23)69-72(29)27-9-7-22(18-73)8-10-27/h2-10,15-16,18,29H,11-14,17,19-20H2,1H3. The lowest BCUT2D eigenvalue weighted by atomic mass is 9.96. The molecule has 6 aromatic rings. The summed E-state index contributed by atoms with van der Waals surface area (Å²) in [5.74, 6) is -31.0. The predicted octanol–water partition coefficient (Wildman–Crippen LogP) is 14.4. The van der Waals surface area contributed by atoms with Gasteiger partial charge in [-0.1, -0.05) is 30.3 Å². The molecule has 0 N–H and O–H groups in total. The Labute approximate surface area is 426 Å². The molecule has 76 heavy (non-hydrogen) atoms. The molecule has 1 unspecified atom stereocenters. The van der Waals surface area contributed by atoms with Crippen LogP contribution in [0, 0.1) is 76.7 Å². The highest BCUT2D eigenvalue weighted by molar-refractivity contribution is 7.98. The van der Waals surface area contributed by atoms with Gasteiger partial charge in [-0.05, 0) is 65.6 Å². The van der Waals surface area contributed by atoms with E-state index in [1.54, 1.807) is 30.3 Å². The number of alkyl halides is 6. The number of hydrazone groups is 1. The average molecular weight is 1120 g/mol. The molecule has 0 aliphatic carbocycles. The normalized spacial score (nSPS) is 15.2. The summed E-state index contributed by atoms with van der Waals surface area (Å²) in [6.07, 6.45) is -11.5. The SMILES string of the molecule is Cc1c(CSc2c(F)c(F)c(C(F)(F)F)c(F)c2F)cc(C(=O)N2CCN(c3c(F)c(F)c(C4CC(c5ccccc5)=NN4c4ccc(C=O)cc4)c(F)c3F)CC2)cc1CSc1c(F)c(F)c(C(F)(F)F)c(F)c1F. The van der Waals surface area contributed by atoms with Gasteiger partial charge < -0.3 is 9.80 Å². The second-order valence-electron chi connectivity index (χ2n) is 16.9. The Hall–Kier alpha value is -6.83. The van der Waals surface area contributed by atoms with Crippen molar-refractivity contribution in [3.63, 3.8) is 0 Å². The number of rotatable bonds is 12. The number of hydrogen-bond acceptors (Lipinski definition) is 7. The molecule has 2 heterocycles. The highest BCUT2D eigenvalue weighted by Gasteiger charge is 2.45. The van der Waals surface area contributed by atoms with E-state index in [0.717, 1.165) is 26.9 Å². The van der Waals surface area contributed by atoms with Crippen LogP contribution in [0.15, 0.2) is 81.6 Å². The van der Waals surface area contributed by atoms with Crippen molar-refractivity contribution >= 4 is 52.8 Å². The monoisotopic (exact) mass is 1120 g/mol. The van der Waals surface area contributed by atoms with E-state index in [9.17, 15) is 71.1 Å². The summed E-state index contributed by atoms with van der Waals surface area (Å²) in [5, 5.41) is 5.66. The third kappa shape index (κ3) is 10.3. The molecular formula is C50H30F18N4O2S2. The Balaban J connectivity index is 1.09. The topological polar surface area (TPSA) is 56.2 Å². The summed E-state index contributed by atoms with van der Waals surface area (Å²) >= 11 is -0.246. The zero-order chi connectivity index (χ0) is 55.5. The molecule has 1 fully saturated rings. The maximum Gasteiger partial charge on any atom is 0.422 e. The first kappa shape index (κ1) is 55.4. The summed E-state index contributed by atoms with van der Waals surface area (Å²) in [6, 6.07) is 14.5. The van der Waals surface area contributed by atoms with Crippen LogP contribution in [0.2, 0.25) is 0 Å². The van der Waals surface area contributed by atoms with Crippen LogP contribution in [0.1, 0.15) is 72.1 Å². The van der Waals surface area contributed by atoms with Crippen LogP contribution in [-0.2, 0) is 23.9 Å². The molecule has 0 radical (unpaired) electrons. The number of carbonyl (C=O) groups excluding carboxylic acids is 2. The van der Waals surface area contributed by atoms with Crippen LogP contribution in [0.5, 0.6) is 0 Å². The van der Waals surface area contributed by atoms with Crippen molar-refractivity contribution in [3.05, 3.63) is 187 Å². The van der Waals surface area contributed by atoms with E-state index in [2.05, 4.69) is 5.10 Å². The van der Waals surface area contributed by atoms with Gasteiger partial charge in [0.2, 0.25) is 0 Å². The van der Waals surface area contributed by atoms with Gasteiger partial charge in [-0.2, -0.15) is 31.4 Å². The lowest BCUT2D eigenvalue weighted by Crippen LogP contribution is -2.49.